The first-order valence-corrected chi connectivity index (χ1v) is 9.45. The zero-order valence-corrected chi connectivity index (χ0v) is 15.0. The van der Waals surface area contributed by atoms with Gasteiger partial charge in [0.2, 0.25) is 0 Å². The smallest absolute Gasteiger partial charge is 0.0588 e. The quantitative estimate of drug-likeness (QED) is 0.877. The van der Waals surface area contributed by atoms with E-state index in [1.165, 1.54) is 12.8 Å². The third-order valence-electron chi connectivity index (χ3n) is 7.30. The second kappa shape index (κ2) is 5.32. The summed E-state index contributed by atoms with van der Waals surface area (Å²) in [4.78, 5) is 2.73. The lowest BCUT2D eigenvalue weighted by molar-refractivity contribution is -0.0533. The van der Waals surface area contributed by atoms with Gasteiger partial charge in [-0.1, -0.05) is 44.5 Å². The Morgan fingerprint density at radius 1 is 1.09 bits per heavy atom. The fourth-order valence-electron chi connectivity index (χ4n) is 5.93. The maximum absolute atomic E-state index is 10.7. The number of aliphatic hydroxyl groups excluding tert-OH is 1. The Morgan fingerprint density at radius 3 is 2.48 bits per heavy atom. The summed E-state index contributed by atoms with van der Waals surface area (Å²) in [6.07, 6.45) is 3.26. The molecule has 1 aromatic carbocycles. The summed E-state index contributed by atoms with van der Waals surface area (Å²) in [6.45, 7) is 10.6. The fraction of sp³-hybridized carbons (Fsp3) is 0.714. The minimum Gasteiger partial charge on any atom is -0.393 e. The van der Waals surface area contributed by atoms with Crippen LogP contribution in [0.1, 0.15) is 70.0 Å². The lowest BCUT2D eigenvalue weighted by atomic mass is 9.70. The van der Waals surface area contributed by atoms with Gasteiger partial charge in [0.1, 0.15) is 0 Å². The average molecular weight is 313 g/mol. The number of likely N-dealkylation sites (tertiary alicyclic amines) is 1. The highest BCUT2D eigenvalue weighted by Gasteiger charge is 2.54. The second-order valence-corrected chi connectivity index (χ2v) is 8.94. The molecule has 0 amide bonds. The number of benzene rings is 1. The first-order valence-electron chi connectivity index (χ1n) is 9.45. The third-order valence-corrected chi connectivity index (χ3v) is 7.30. The van der Waals surface area contributed by atoms with E-state index in [0.717, 1.165) is 13.0 Å². The van der Waals surface area contributed by atoms with Crippen LogP contribution in [0.3, 0.4) is 0 Å². The van der Waals surface area contributed by atoms with Crippen LogP contribution in [0.5, 0.6) is 0 Å². The van der Waals surface area contributed by atoms with Crippen molar-refractivity contribution in [3.8, 4) is 0 Å². The minimum atomic E-state index is -0.140. The van der Waals surface area contributed by atoms with Gasteiger partial charge < -0.3 is 5.11 Å². The van der Waals surface area contributed by atoms with Gasteiger partial charge in [-0.15, -0.1) is 0 Å². The molecule has 1 aliphatic heterocycles. The Bertz CT molecular complexity index is 595. The van der Waals surface area contributed by atoms with E-state index in [-0.39, 0.29) is 11.6 Å². The Morgan fingerprint density at radius 2 is 1.78 bits per heavy atom. The van der Waals surface area contributed by atoms with Gasteiger partial charge >= 0.3 is 0 Å². The van der Waals surface area contributed by atoms with Gasteiger partial charge in [-0.2, -0.15) is 0 Å². The van der Waals surface area contributed by atoms with Crippen molar-refractivity contribution < 1.29 is 5.11 Å². The molecule has 1 aromatic rings. The van der Waals surface area contributed by atoms with Gasteiger partial charge in [0.15, 0.2) is 0 Å². The molecule has 2 fully saturated rings. The van der Waals surface area contributed by atoms with Crippen LogP contribution in [-0.2, 0) is 0 Å². The van der Waals surface area contributed by atoms with E-state index < -0.39 is 0 Å². The largest absolute Gasteiger partial charge is 0.393 e. The summed E-state index contributed by atoms with van der Waals surface area (Å²) in [5.74, 6) is 2.45. The predicted molar refractivity (Wildman–Crippen MR) is 94.4 cm³/mol. The monoisotopic (exact) mass is 313 g/mol. The van der Waals surface area contributed by atoms with Crippen LogP contribution >= 0.6 is 0 Å². The van der Waals surface area contributed by atoms with E-state index in [9.17, 15) is 5.11 Å². The molecule has 2 nitrogen and oxygen atoms in total. The summed E-state index contributed by atoms with van der Waals surface area (Å²) >= 11 is 0. The van der Waals surface area contributed by atoms with Crippen molar-refractivity contribution in [2.24, 2.45) is 17.8 Å². The molecule has 6 atom stereocenters. The summed E-state index contributed by atoms with van der Waals surface area (Å²) in [5.41, 5.74) is 3.19. The van der Waals surface area contributed by atoms with Crippen molar-refractivity contribution in [1.82, 2.24) is 4.90 Å². The van der Waals surface area contributed by atoms with E-state index in [0.29, 0.717) is 29.7 Å². The van der Waals surface area contributed by atoms with Crippen LogP contribution in [0, 0.1) is 17.8 Å². The molecule has 0 spiro atoms. The van der Waals surface area contributed by atoms with E-state index in [2.05, 4.69) is 56.9 Å². The van der Waals surface area contributed by atoms with Crippen LogP contribution < -0.4 is 0 Å². The molecule has 1 saturated heterocycles. The molecule has 23 heavy (non-hydrogen) atoms. The van der Waals surface area contributed by atoms with Gasteiger partial charge in [0.05, 0.1) is 6.10 Å². The van der Waals surface area contributed by atoms with Crippen LogP contribution in [-0.4, -0.2) is 28.2 Å². The number of fused-ring (bicyclic) bond motifs is 5. The number of nitrogens with zero attached hydrogens (tertiary/aromatic N) is 1. The molecule has 1 N–H and O–H groups in total. The maximum atomic E-state index is 10.7. The van der Waals surface area contributed by atoms with E-state index in [4.69, 9.17) is 0 Å². The topological polar surface area (TPSA) is 23.5 Å². The molecule has 1 saturated carbocycles. The Balaban J connectivity index is 1.64. The third kappa shape index (κ3) is 2.21. The van der Waals surface area contributed by atoms with Crippen LogP contribution in [0.2, 0.25) is 0 Å². The second-order valence-electron chi connectivity index (χ2n) is 8.94. The van der Waals surface area contributed by atoms with Crippen molar-refractivity contribution in [3.63, 3.8) is 0 Å². The highest BCUT2D eigenvalue weighted by molar-refractivity contribution is 5.43. The molecule has 2 aliphatic carbocycles. The molecule has 2 heteroatoms. The molecule has 0 unspecified atom stereocenters. The molecule has 0 aromatic heterocycles. The van der Waals surface area contributed by atoms with Crippen LogP contribution in [0.25, 0.3) is 0 Å². The Hall–Kier alpha value is -0.860. The summed E-state index contributed by atoms with van der Waals surface area (Å²) in [5, 5.41) is 10.7. The maximum Gasteiger partial charge on any atom is 0.0588 e. The van der Waals surface area contributed by atoms with E-state index in [1.54, 1.807) is 11.1 Å². The standard InChI is InChI=1S/C21H31NO/c1-13-9-10-18(19(23)11-13)21(3,4)22-12-17-14(2)20(22)16-8-6-5-7-15(16)17/h5-8,13-14,17-20,23H,9-12H2,1-4H3/t13-,14+,17-,18-,19-,20+/m1/s1. The number of rotatable bonds is 2. The highest BCUT2D eigenvalue weighted by Crippen LogP contribution is 2.57. The van der Waals surface area contributed by atoms with Crippen LogP contribution in [0.4, 0.5) is 0 Å². The zero-order valence-electron chi connectivity index (χ0n) is 15.0. The first kappa shape index (κ1) is 15.7. The van der Waals surface area contributed by atoms with E-state index >= 15 is 0 Å². The van der Waals surface area contributed by atoms with Crippen molar-refractivity contribution in [2.45, 2.75) is 70.6 Å². The molecule has 0 radical (unpaired) electrons. The van der Waals surface area contributed by atoms with Gasteiger partial charge in [-0.05, 0) is 49.7 Å². The summed E-state index contributed by atoms with van der Waals surface area (Å²) in [6, 6.07) is 9.58. The summed E-state index contributed by atoms with van der Waals surface area (Å²) < 4.78 is 0. The number of hydrogen-bond donors (Lipinski definition) is 1. The SMILES string of the molecule is C[C@@H]1CC[C@@H](C(C)(C)N2C[C@H]3c4ccccc4[C@@H]2[C@H]3C)[C@H](O)C1. The fourth-order valence-corrected chi connectivity index (χ4v) is 5.93. The first-order chi connectivity index (χ1) is 10.9. The zero-order chi connectivity index (χ0) is 16.4. The Labute approximate surface area is 140 Å². The molecule has 2 bridgehead atoms. The molecule has 3 aliphatic rings. The van der Waals surface area contributed by atoms with E-state index in [1.807, 2.05) is 0 Å². The lowest BCUT2D eigenvalue weighted by Gasteiger charge is -2.50. The highest BCUT2D eigenvalue weighted by atomic mass is 16.3. The van der Waals surface area contributed by atoms with Gasteiger partial charge in [0.25, 0.3) is 0 Å². The van der Waals surface area contributed by atoms with Crippen molar-refractivity contribution in [2.75, 3.05) is 6.54 Å². The summed E-state index contributed by atoms with van der Waals surface area (Å²) in [7, 11) is 0. The van der Waals surface area contributed by atoms with Crippen molar-refractivity contribution in [1.29, 1.82) is 0 Å². The number of hydrogen-bond acceptors (Lipinski definition) is 2. The van der Waals surface area contributed by atoms with Gasteiger partial charge in [0, 0.05) is 30.0 Å². The van der Waals surface area contributed by atoms with Gasteiger partial charge in [-0.25, -0.2) is 0 Å². The average Bonchev–Trinajstić information content (AvgIpc) is 2.98. The van der Waals surface area contributed by atoms with Crippen molar-refractivity contribution in [3.05, 3.63) is 35.4 Å². The molecule has 126 valence electrons. The molecular weight excluding hydrogens is 282 g/mol. The molecule has 4 rings (SSSR count). The van der Waals surface area contributed by atoms with Crippen LogP contribution in [0.15, 0.2) is 24.3 Å². The molecule has 1 heterocycles. The normalized spacial score (nSPS) is 40.4. The predicted octanol–water partition coefficient (Wildman–Crippen LogP) is 4.35. The molecular formula is C21H31NO. The van der Waals surface area contributed by atoms with Crippen molar-refractivity contribution >= 4 is 0 Å². The van der Waals surface area contributed by atoms with Gasteiger partial charge in [-0.3, -0.25) is 4.90 Å². The lowest BCUT2D eigenvalue weighted by Crippen LogP contribution is -2.55. The minimum absolute atomic E-state index is 0.0702. The number of aliphatic hydroxyl groups is 1. The Kier molecular flexibility index (Phi) is 3.62.